The van der Waals surface area contributed by atoms with Crippen LogP contribution in [0.2, 0.25) is 0 Å². The summed E-state index contributed by atoms with van der Waals surface area (Å²) in [4.78, 5) is 12.7. The Morgan fingerprint density at radius 3 is 2.76 bits per heavy atom. The van der Waals surface area contributed by atoms with Gasteiger partial charge in [-0.1, -0.05) is 32.0 Å². The van der Waals surface area contributed by atoms with Crippen LogP contribution in [-0.2, 0) is 12.8 Å². The van der Waals surface area contributed by atoms with Crippen LogP contribution in [0, 0.1) is 12.8 Å². The molecule has 5 heteroatoms. The van der Waals surface area contributed by atoms with Gasteiger partial charge in [0.25, 0.3) is 5.91 Å². The van der Waals surface area contributed by atoms with Crippen molar-refractivity contribution in [1.82, 2.24) is 15.1 Å². The van der Waals surface area contributed by atoms with Crippen molar-refractivity contribution in [3.8, 4) is 5.69 Å². The Balaban J connectivity index is 1.90. The van der Waals surface area contributed by atoms with Gasteiger partial charge in [-0.15, -0.1) is 0 Å². The molecule has 1 heterocycles. The SMILES string of the molecule is Cc1ccccc1-n1nc(C(=O)NCC(C)(O)C(C)C)c2c1CCC2. The molecule has 0 fully saturated rings. The van der Waals surface area contributed by atoms with Crippen molar-refractivity contribution >= 4 is 5.91 Å². The fourth-order valence-corrected chi connectivity index (χ4v) is 3.17. The van der Waals surface area contributed by atoms with E-state index in [0.717, 1.165) is 41.8 Å². The fraction of sp³-hybridized carbons (Fsp3) is 0.500. The maximum absolute atomic E-state index is 12.7. The average Bonchev–Trinajstić information content (AvgIpc) is 3.15. The molecule has 3 rings (SSSR count). The molecule has 5 nitrogen and oxygen atoms in total. The number of aryl methyl sites for hydroxylation is 1. The summed E-state index contributed by atoms with van der Waals surface area (Å²) in [5.74, 6) is -0.144. The highest BCUT2D eigenvalue weighted by atomic mass is 16.3. The second-order valence-corrected chi connectivity index (χ2v) is 7.52. The molecule has 0 saturated heterocycles. The molecule has 0 radical (unpaired) electrons. The number of nitrogens with zero attached hydrogens (tertiary/aromatic N) is 2. The summed E-state index contributed by atoms with van der Waals surface area (Å²) in [6.45, 7) is 7.90. The van der Waals surface area contributed by atoms with E-state index in [4.69, 9.17) is 0 Å². The third-order valence-electron chi connectivity index (χ3n) is 5.34. The number of aliphatic hydroxyl groups is 1. The van der Waals surface area contributed by atoms with E-state index in [-0.39, 0.29) is 18.4 Å². The van der Waals surface area contributed by atoms with Gasteiger partial charge >= 0.3 is 0 Å². The zero-order valence-corrected chi connectivity index (χ0v) is 15.5. The Hall–Kier alpha value is -2.14. The number of hydrogen-bond acceptors (Lipinski definition) is 3. The molecule has 1 aliphatic rings. The van der Waals surface area contributed by atoms with E-state index in [0.29, 0.717) is 5.69 Å². The first-order chi connectivity index (χ1) is 11.8. The Morgan fingerprint density at radius 1 is 1.36 bits per heavy atom. The third kappa shape index (κ3) is 3.33. The lowest BCUT2D eigenvalue weighted by Crippen LogP contribution is -2.44. The van der Waals surface area contributed by atoms with E-state index in [2.05, 4.69) is 23.4 Å². The Bertz CT molecular complexity index is 790. The monoisotopic (exact) mass is 341 g/mol. The highest BCUT2D eigenvalue weighted by Crippen LogP contribution is 2.29. The number of rotatable bonds is 5. The molecule has 0 bridgehead atoms. The lowest BCUT2D eigenvalue weighted by atomic mass is 9.92. The molecule has 1 amide bonds. The number of carbonyl (C=O) groups excluding carboxylic acids is 1. The van der Waals surface area contributed by atoms with Crippen molar-refractivity contribution in [3.05, 3.63) is 46.8 Å². The van der Waals surface area contributed by atoms with Crippen LogP contribution in [0.25, 0.3) is 5.69 Å². The molecule has 2 N–H and O–H groups in total. The van der Waals surface area contributed by atoms with Crippen molar-refractivity contribution in [1.29, 1.82) is 0 Å². The van der Waals surface area contributed by atoms with Crippen LogP contribution in [0.3, 0.4) is 0 Å². The highest BCUT2D eigenvalue weighted by molar-refractivity contribution is 5.94. The molecule has 1 aliphatic carbocycles. The van der Waals surface area contributed by atoms with Crippen LogP contribution in [0.15, 0.2) is 24.3 Å². The minimum Gasteiger partial charge on any atom is -0.388 e. The summed E-state index contributed by atoms with van der Waals surface area (Å²) in [7, 11) is 0. The first-order valence-electron chi connectivity index (χ1n) is 8.98. The summed E-state index contributed by atoms with van der Waals surface area (Å²) in [5.41, 5.74) is 3.90. The standard InChI is InChI=1S/C20H27N3O2/c1-13(2)20(4,25)12-21-19(24)18-15-9-7-11-17(15)23(22-18)16-10-6-5-8-14(16)3/h5-6,8,10,13,25H,7,9,11-12H2,1-4H3,(H,21,24). The molecule has 2 aromatic rings. The number of para-hydroxylation sites is 1. The van der Waals surface area contributed by atoms with Gasteiger partial charge in [0.05, 0.1) is 11.3 Å². The van der Waals surface area contributed by atoms with Crippen molar-refractivity contribution in [2.45, 2.75) is 52.6 Å². The van der Waals surface area contributed by atoms with Crippen LogP contribution < -0.4 is 5.32 Å². The summed E-state index contributed by atoms with van der Waals surface area (Å²) in [5, 5.41) is 17.9. The lowest BCUT2D eigenvalue weighted by molar-refractivity contribution is 0.0141. The van der Waals surface area contributed by atoms with Gasteiger partial charge in [0, 0.05) is 17.8 Å². The van der Waals surface area contributed by atoms with E-state index in [1.54, 1.807) is 6.92 Å². The smallest absolute Gasteiger partial charge is 0.272 e. The number of amides is 1. The minimum atomic E-state index is -0.933. The van der Waals surface area contributed by atoms with Crippen molar-refractivity contribution in [2.75, 3.05) is 6.54 Å². The number of nitrogens with one attached hydrogen (secondary N) is 1. The van der Waals surface area contributed by atoms with Crippen molar-refractivity contribution in [3.63, 3.8) is 0 Å². The average molecular weight is 341 g/mol. The summed E-state index contributed by atoms with van der Waals surface area (Å²) >= 11 is 0. The van der Waals surface area contributed by atoms with Gasteiger partial charge < -0.3 is 10.4 Å². The number of benzene rings is 1. The first-order valence-corrected chi connectivity index (χ1v) is 8.98. The normalized spacial score (nSPS) is 15.9. The second-order valence-electron chi connectivity index (χ2n) is 7.52. The predicted octanol–water partition coefficient (Wildman–Crippen LogP) is 2.81. The van der Waals surface area contributed by atoms with Crippen LogP contribution in [-0.4, -0.2) is 32.9 Å². The number of carbonyl (C=O) groups is 1. The van der Waals surface area contributed by atoms with Gasteiger partial charge in [-0.3, -0.25) is 4.79 Å². The maximum Gasteiger partial charge on any atom is 0.272 e. The summed E-state index contributed by atoms with van der Waals surface area (Å²) in [6.07, 6.45) is 2.86. The van der Waals surface area contributed by atoms with Gasteiger partial charge in [-0.2, -0.15) is 5.10 Å². The highest BCUT2D eigenvalue weighted by Gasteiger charge is 2.30. The predicted molar refractivity (Wildman–Crippen MR) is 98.1 cm³/mol. The van der Waals surface area contributed by atoms with Crippen molar-refractivity contribution in [2.24, 2.45) is 5.92 Å². The number of fused-ring (bicyclic) bond motifs is 1. The van der Waals surface area contributed by atoms with Crippen LogP contribution in [0.5, 0.6) is 0 Å². The van der Waals surface area contributed by atoms with E-state index in [1.807, 2.05) is 36.7 Å². The first kappa shape index (κ1) is 17.7. The molecule has 0 aliphatic heterocycles. The fourth-order valence-electron chi connectivity index (χ4n) is 3.17. The number of aromatic nitrogens is 2. The largest absolute Gasteiger partial charge is 0.388 e. The topological polar surface area (TPSA) is 67.2 Å². The Morgan fingerprint density at radius 2 is 2.08 bits per heavy atom. The van der Waals surface area contributed by atoms with Crippen molar-refractivity contribution < 1.29 is 9.90 Å². The molecule has 0 saturated carbocycles. The third-order valence-corrected chi connectivity index (χ3v) is 5.34. The second kappa shape index (κ2) is 6.64. The van der Waals surface area contributed by atoms with Gasteiger partial charge in [0.15, 0.2) is 5.69 Å². The Labute approximate surface area is 149 Å². The molecule has 134 valence electrons. The molecule has 1 aromatic heterocycles. The molecule has 0 spiro atoms. The van der Waals surface area contributed by atoms with Crippen LogP contribution in [0.1, 0.15) is 54.5 Å². The van der Waals surface area contributed by atoms with E-state index in [9.17, 15) is 9.90 Å². The summed E-state index contributed by atoms with van der Waals surface area (Å²) in [6, 6.07) is 8.08. The van der Waals surface area contributed by atoms with Gasteiger partial charge in [-0.25, -0.2) is 4.68 Å². The quantitative estimate of drug-likeness (QED) is 0.879. The van der Waals surface area contributed by atoms with Gasteiger partial charge in [-0.05, 0) is 50.7 Å². The van der Waals surface area contributed by atoms with Crippen LogP contribution in [0.4, 0.5) is 0 Å². The molecule has 25 heavy (non-hydrogen) atoms. The molecular weight excluding hydrogens is 314 g/mol. The lowest BCUT2D eigenvalue weighted by Gasteiger charge is -2.27. The summed E-state index contributed by atoms with van der Waals surface area (Å²) < 4.78 is 1.92. The van der Waals surface area contributed by atoms with E-state index < -0.39 is 5.60 Å². The molecule has 1 unspecified atom stereocenters. The zero-order valence-electron chi connectivity index (χ0n) is 15.5. The Kier molecular flexibility index (Phi) is 4.69. The molecule has 1 atom stereocenters. The van der Waals surface area contributed by atoms with Crippen LogP contribution >= 0.6 is 0 Å². The molecule has 1 aromatic carbocycles. The van der Waals surface area contributed by atoms with E-state index >= 15 is 0 Å². The van der Waals surface area contributed by atoms with Gasteiger partial charge in [0.2, 0.25) is 0 Å². The number of hydrogen-bond donors (Lipinski definition) is 2. The van der Waals surface area contributed by atoms with E-state index in [1.165, 1.54) is 0 Å². The molecular formula is C20H27N3O2. The zero-order chi connectivity index (χ0) is 18.2. The minimum absolute atomic E-state index is 0.0584. The van der Waals surface area contributed by atoms with Gasteiger partial charge in [0.1, 0.15) is 0 Å². The maximum atomic E-state index is 12.7.